The highest BCUT2D eigenvalue weighted by Gasteiger charge is 2.72. The van der Waals surface area contributed by atoms with E-state index in [1.54, 1.807) is 12.2 Å². The predicted molar refractivity (Wildman–Crippen MR) is 98.6 cm³/mol. The molecular formula is C22H29FO4. The van der Waals surface area contributed by atoms with Gasteiger partial charge in [-0.25, -0.2) is 4.39 Å². The van der Waals surface area contributed by atoms with Crippen molar-refractivity contribution in [2.75, 3.05) is 6.61 Å². The molecule has 0 spiro atoms. The van der Waals surface area contributed by atoms with Crippen LogP contribution in [0.3, 0.4) is 0 Å². The molecule has 4 rings (SSSR count). The number of hydrogen-bond acceptors (Lipinski definition) is 4. The summed E-state index contributed by atoms with van der Waals surface area (Å²) in [6, 6.07) is 0. The number of Topliss-reactive ketones (excluding diaryl/α,β-unsaturated/α-hetero) is 1. The summed E-state index contributed by atoms with van der Waals surface area (Å²) in [5.41, 5.74) is -3.78. The molecule has 0 aromatic rings. The minimum absolute atomic E-state index is 0.0809. The molecule has 4 aliphatic carbocycles. The largest absolute Gasteiger partial charge is 0.388 e. The monoisotopic (exact) mass is 376 g/mol. The van der Waals surface area contributed by atoms with E-state index in [0.29, 0.717) is 25.7 Å². The number of ketones is 2. The van der Waals surface area contributed by atoms with Crippen LogP contribution < -0.4 is 0 Å². The Morgan fingerprint density at radius 1 is 1.30 bits per heavy atom. The Labute approximate surface area is 159 Å². The van der Waals surface area contributed by atoms with E-state index in [1.807, 2.05) is 20.8 Å². The van der Waals surface area contributed by atoms with Crippen molar-refractivity contribution in [3.63, 3.8) is 0 Å². The maximum Gasteiger partial charge on any atom is 0.190 e. The van der Waals surface area contributed by atoms with Gasteiger partial charge < -0.3 is 10.2 Å². The summed E-state index contributed by atoms with van der Waals surface area (Å²) >= 11 is 0. The summed E-state index contributed by atoms with van der Waals surface area (Å²) in [6.45, 7) is 4.94. The van der Waals surface area contributed by atoms with Crippen LogP contribution in [-0.4, -0.2) is 39.7 Å². The first-order chi connectivity index (χ1) is 12.5. The van der Waals surface area contributed by atoms with Crippen LogP contribution in [-0.2, 0) is 9.59 Å². The minimum atomic E-state index is -1.61. The lowest BCUT2D eigenvalue weighted by Crippen LogP contribution is -2.64. The van der Waals surface area contributed by atoms with Crippen molar-refractivity contribution in [3.05, 3.63) is 23.8 Å². The first-order valence-electron chi connectivity index (χ1n) is 10.0. The minimum Gasteiger partial charge on any atom is -0.388 e. The maximum atomic E-state index is 16.7. The molecule has 0 aromatic heterocycles. The van der Waals surface area contributed by atoms with E-state index in [2.05, 4.69) is 0 Å². The van der Waals surface area contributed by atoms with Gasteiger partial charge in [0.2, 0.25) is 0 Å². The Balaban J connectivity index is 1.78. The van der Waals surface area contributed by atoms with Crippen LogP contribution in [0, 0.1) is 28.6 Å². The van der Waals surface area contributed by atoms with Gasteiger partial charge in [-0.1, -0.05) is 25.5 Å². The van der Waals surface area contributed by atoms with Crippen molar-refractivity contribution in [3.8, 4) is 0 Å². The summed E-state index contributed by atoms with van der Waals surface area (Å²) in [4.78, 5) is 24.3. The van der Waals surface area contributed by atoms with Gasteiger partial charge in [-0.05, 0) is 68.9 Å². The molecule has 3 saturated carbocycles. The van der Waals surface area contributed by atoms with Crippen molar-refractivity contribution in [2.24, 2.45) is 28.6 Å². The Bertz CT molecular complexity index is 772. The molecule has 0 bridgehead atoms. The summed E-state index contributed by atoms with van der Waals surface area (Å²) < 4.78 is 16.7. The smallest absolute Gasteiger partial charge is 0.190 e. The molecule has 0 aromatic carbocycles. The molecule has 0 heterocycles. The maximum absolute atomic E-state index is 16.7. The third-order valence-electron chi connectivity index (χ3n) is 8.81. The fraction of sp³-hybridized carbons (Fsp3) is 0.727. The Kier molecular flexibility index (Phi) is 3.94. The molecule has 0 amide bonds. The van der Waals surface area contributed by atoms with Crippen molar-refractivity contribution in [1.29, 1.82) is 0 Å². The van der Waals surface area contributed by atoms with Gasteiger partial charge in [0.25, 0.3) is 0 Å². The molecule has 0 unspecified atom stereocenters. The molecule has 0 aliphatic heterocycles. The SMILES string of the molecule is C[C@H]1C[C@H]2[C@@H]3CCC4=CC(=O)C=C[C@]4(C)[C@@]3(F)CC[C@]2(C)[C@@]1(O)C(=O)CO. The van der Waals surface area contributed by atoms with Gasteiger partial charge >= 0.3 is 0 Å². The Hall–Kier alpha value is -1.33. The second-order valence-corrected chi connectivity index (χ2v) is 9.62. The van der Waals surface area contributed by atoms with E-state index in [1.165, 1.54) is 6.08 Å². The highest BCUT2D eigenvalue weighted by atomic mass is 19.1. The Morgan fingerprint density at radius 3 is 2.67 bits per heavy atom. The van der Waals surface area contributed by atoms with Gasteiger partial charge in [0, 0.05) is 10.8 Å². The fourth-order valence-electron chi connectivity index (χ4n) is 7.15. The van der Waals surface area contributed by atoms with Crippen LogP contribution in [0.5, 0.6) is 0 Å². The molecular weight excluding hydrogens is 347 g/mol. The second-order valence-electron chi connectivity index (χ2n) is 9.62. The lowest BCUT2D eigenvalue weighted by atomic mass is 9.45. The van der Waals surface area contributed by atoms with Gasteiger partial charge in [0.15, 0.2) is 11.6 Å². The van der Waals surface area contributed by atoms with E-state index in [4.69, 9.17) is 0 Å². The number of halogens is 1. The fourth-order valence-corrected chi connectivity index (χ4v) is 7.15. The first-order valence-corrected chi connectivity index (χ1v) is 10.0. The average Bonchev–Trinajstić information content (AvgIpc) is 2.84. The highest BCUT2D eigenvalue weighted by Crippen LogP contribution is 2.70. The molecule has 7 atom stereocenters. The van der Waals surface area contributed by atoms with Crippen LogP contribution in [0.25, 0.3) is 0 Å². The van der Waals surface area contributed by atoms with Crippen molar-refractivity contribution < 1.29 is 24.2 Å². The number of alkyl halides is 1. The zero-order valence-electron chi connectivity index (χ0n) is 16.3. The molecule has 27 heavy (non-hydrogen) atoms. The van der Waals surface area contributed by atoms with E-state index in [0.717, 1.165) is 5.57 Å². The Morgan fingerprint density at radius 2 is 2.00 bits per heavy atom. The van der Waals surface area contributed by atoms with Crippen LogP contribution in [0.2, 0.25) is 0 Å². The topological polar surface area (TPSA) is 74.6 Å². The molecule has 4 aliphatic rings. The summed E-state index contributed by atoms with van der Waals surface area (Å²) in [5.74, 6) is -1.35. The van der Waals surface area contributed by atoms with E-state index < -0.39 is 34.5 Å². The first kappa shape index (κ1) is 19.0. The van der Waals surface area contributed by atoms with Crippen LogP contribution >= 0.6 is 0 Å². The summed E-state index contributed by atoms with van der Waals surface area (Å²) in [6.07, 6.45) is 7.30. The summed E-state index contributed by atoms with van der Waals surface area (Å²) in [7, 11) is 0. The third kappa shape index (κ3) is 2.05. The van der Waals surface area contributed by atoms with Gasteiger partial charge in [0.05, 0.1) is 0 Å². The van der Waals surface area contributed by atoms with Crippen LogP contribution in [0.4, 0.5) is 4.39 Å². The number of fused-ring (bicyclic) bond motifs is 5. The zero-order chi connectivity index (χ0) is 19.8. The molecule has 0 saturated heterocycles. The second kappa shape index (κ2) is 5.60. The van der Waals surface area contributed by atoms with Crippen LogP contribution in [0.15, 0.2) is 23.8 Å². The number of aliphatic hydroxyl groups excluding tert-OH is 1. The molecule has 148 valence electrons. The lowest BCUT2D eigenvalue weighted by Gasteiger charge is -2.61. The normalized spacial score (nSPS) is 51.3. The lowest BCUT2D eigenvalue weighted by molar-refractivity contribution is -0.182. The highest BCUT2D eigenvalue weighted by molar-refractivity contribution is 6.01. The number of rotatable bonds is 2. The molecule has 0 radical (unpaired) electrons. The zero-order valence-corrected chi connectivity index (χ0v) is 16.3. The molecule has 4 nitrogen and oxygen atoms in total. The van der Waals surface area contributed by atoms with Gasteiger partial charge in [0.1, 0.15) is 17.9 Å². The van der Waals surface area contributed by atoms with Crippen molar-refractivity contribution in [1.82, 2.24) is 0 Å². The standard InChI is InChI=1S/C22H29FO4/c1-13-10-17-16-5-4-14-11-15(25)6-7-19(14,2)21(16,23)9-8-20(17,3)22(13,27)18(26)12-24/h6-7,11,13,16-17,24,27H,4-5,8-10,12H2,1-3H3/t13-,16-,17-,19-,20-,21+,22-/m0/s1. The number of aliphatic hydroxyl groups is 2. The van der Waals surface area contributed by atoms with E-state index in [9.17, 15) is 19.8 Å². The predicted octanol–water partition coefficient (Wildman–Crippen LogP) is 2.92. The molecule has 2 N–H and O–H groups in total. The van der Waals surface area contributed by atoms with Crippen molar-refractivity contribution in [2.45, 2.75) is 64.1 Å². The molecule has 5 heteroatoms. The van der Waals surface area contributed by atoms with Crippen molar-refractivity contribution >= 4 is 11.6 Å². The average molecular weight is 376 g/mol. The van der Waals surface area contributed by atoms with Gasteiger partial charge in [-0.3, -0.25) is 9.59 Å². The van der Waals surface area contributed by atoms with E-state index in [-0.39, 0.29) is 30.0 Å². The number of hydrogen-bond donors (Lipinski definition) is 2. The van der Waals surface area contributed by atoms with Gasteiger partial charge in [-0.15, -0.1) is 0 Å². The molecule has 3 fully saturated rings. The number of allylic oxidation sites excluding steroid dienone is 4. The third-order valence-corrected chi connectivity index (χ3v) is 8.81. The summed E-state index contributed by atoms with van der Waals surface area (Å²) in [5, 5.41) is 20.8. The number of carbonyl (C=O) groups excluding carboxylic acids is 2. The quantitative estimate of drug-likeness (QED) is 0.777. The number of carbonyl (C=O) groups is 2. The van der Waals surface area contributed by atoms with Crippen LogP contribution in [0.1, 0.15) is 52.9 Å². The van der Waals surface area contributed by atoms with E-state index >= 15 is 4.39 Å². The van der Waals surface area contributed by atoms with Gasteiger partial charge in [-0.2, -0.15) is 0 Å².